The van der Waals surface area contributed by atoms with Crippen molar-refractivity contribution in [3.05, 3.63) is 76.5 Å². The summed E-state index contributed by atoms with van der Waals surface area (Å²) in [6, 6.07) is 15.5. The summed E-state index contributed by atoms with van der Waals surface area (Å²) in [7, 11) is 0. The molecule has 0 bridgehead atoms. The lowest BCUT2D eigenvalue weighted by molar-refractivity contribution is -0.113. The van der Waals surface area contributed by atoms with Gasteiger partial charge in [-0.2, -0.15) is 4.68 Å². The van der Waals surface area contributed by atoms with Crippen LogP contribution in [0.15, 0.2) is 59.8 Å². The molecule has 1 unspecified atom stereocenters. The van der Waals surface area contributed by atoms with Gasteiger partial charge in [-0.15, -0.1) is 0 Å². The van der Waals surface area contributed by atoms with Crippen LogP contribution in [-0.2, 0) is 11.2 Å². The van der Waals surface area contributed by atoms with Gasteiger partial charge in [0.25, 0.3) is 5.91 Å². The fourth-order valence-electron chi connectivity index (χ4n) is 3.39. The van der Waals surface area contributed by atoms with Crippen molar-refractivity contribution >= 4 is 17.5 Å². The van der Waals surface area contributed by atoms with Crippen molar-refractivity contribution in [1.29, 1.82) is 0 Å². The number of hydrogen-bond acceptors (Lipinski definition) is 5. The molecule has 2 aromatic carbocycles. The Balaban J connectivity index is 1.73. The highest BCUT2D eigenvalue weighted by atomic mass is 16.1. The number of nitrogens with zero attached hydrogens (tertiary/aromatic N) is 4. The van der Waals surface area contributed by atoms with Crippen molar-refractivity contribution in [2.24, 2.45) is 0 Å². The Morgan fingerprint density at radius 2 is 1.82 bits per heavy atom. The number of tetrazole rings is 1. The second kappa shape index (κ2) is 7.26. The number of carbonyl (C=O) groups is 1. The summed E-state index contributed by atoms with van der Waals surface area (Å²) in [5.74, 6) is 0.341. The standard InChI is InChI=1S/C21H22N6O/c1-4-15-7-9-16(10-8-15)19-18(14(3)22-21-24-25-26-27(19)21)20(28)23-17-11-5-13(2)6-12-17/h5-12,19H,4H2,1-3H3,(H,23,28)(H,22,24,26). The largest absolute Gasteiger partial charge is 0.326 e. The first kappa shape index (κ1) is 17.9. The molecule has 28 heavy (non-hydrogen) atoms. The number of hydrogen-bond donors (Lipinski definition) is 2. The number of amides is 1. The third kappa shape index (κ3) is 3.26. The van der Waals surface area contributed by atoms with Crippen molar-refractivity contribution in [1.82, 2.24) is 20.2 Å². The molecule has 0 spiro atoms. The molecular weight excluding hydrogens is 352 g/mol. The highest BCUT2D eigenvalue weighted by Gasteiger charge is 2.34. The van der Waals surface area contributed by atoms with Crippen LogP contribution in [0.2, 0.25) is 0 Å². The van der Waals surface area contributed by atoms with Gasteiger partial charge in [0.2, 0.25) is 5.95 Å². The maximum atomic E-state index is 13.2. The molecule has 4 rings (SSSR count). The number of fused-ring (bicyclic) bond motifs is 1. The van der Waals surface area contributed by atoms with E-state index in [9.17, 15) is 4.79 Å². The molecule has 2 heterocycles. The summed E-state index contributed by atoms with van der Waals surface area (Å²) in [5.41, 5.74) is 5.40. The van der Waals surface area contributed by atoms with Crippen molar-refractivity contribution in [3.8, 4) is 0 Å². The quantitative estimate of drug-likeness (QED) is 0.730. The summed E-state index contributed by atoms with van der Waals surface area (Å²) >= 11 is 0. The molecule has 1 aromatic heterocycles. The predicted octanol–water partition coefficient (Wildman–Crippen LogP) is 3.47. The first-order valence-electron chi connectivity index (χ1n) is 9.29. The zero-order chi connectivity index (χ0) is 19.7. The van der Waals surface area contributed by atoms with Crippen LogP contribution in [0.25, 0.3) is 0 Å². The molecule has 1 aliphatic heterocycles. The fourth-order valence-corrected chi connectivity index (χ4v) is 3.39. The Bertz CT molecular complexity index is 1030. The summed E-state index contributed by atoms with van der Waals surface area (Å²) in [5, 5.41) is 18.1. The van der Waals surface area contributed by atoms with E-state index in [1.165, 1.54) is 5.56 Å². The number of rotatable bonds is 4. The molecule has 7 heteroatoms. The minimum absolute atomic E-state index is 0.181. The zero-order valence-electron chi connectivity index (χ0n) is 16.1. The van der Waals surface area contributed by atoms with Gasteiger partial charge in [0.1, 0.15) is 6.04 Å². The first-order chi connectivity index (χ1) is 13.6. The van der Waals surface area contributed by atoms with Gasteiger partial charge in [-0.05, 0) is 54.0 Å². The number of anilines is 2. The van der Waals surface area contributed by atoms with Crippen molar-refractivity contribution in [2.45, 2.75) is 33.2 Å². The molecular formula is C21H22N6O. The Morgan fingerprint density at radius 1 is 1.11 bits per heavy atom. The van der Waals surface area contributed by atoms with E-state index in [1.807, 2.05) is 50.2 Å². The Kier molecular flexibility index (Phi) is 4.65. The summed E-state index contributed by atoms with van der Waals surface area (Å²) < 4.78 is 1.65. The van der Waals surface area contributed by atoms with E-state index in [0.717, 1.165) is 28.9 Å². The molecule has 0 aliphatic carbocycles. The van der Waals surface area contributed by atoms with Crippen molar-refractivity contribution in [3.63, 3.8) is 0 Å². The maximum absolute atomic E-state index is 13.2. The van der Waals surface area contributed by atoms with Gasteiger partial charge in [0, 0.05) is 11.4 Å². The van der Waals surface area contributed by atoms with Gasteiger partial charge in [-0.1, -0.05) is 54.0 Å². The lowest BCUT2D eigenvalue weighted by Crippen LogP contribution is -2.31. The van der Waals surface area contributed by atoms with E-state index in [0.29, 0.717) is 11.5 Å². The van der Waals surface area contributed by atoms with Crippen LogP contribution in [0.5, 0.6) is 0 Å². The molecule has 0 radical (unpaired) electrons. The van der Waals surface area contributed by atoms with E-state index in [4.69, 9.17) is 0 Å². The average Bonchev–Trinajstić information content (AvgIpc) is 3.16. The smallest absolute Gasteiger partial charge is 0.255 e. The van der Waals surface area contributed by atoms with Crippen LogP contribution < -0.4 is 10.6 Å². The molecule has 0 fully saturated rings. The summed E-state index contributed by atoms with van der Waals surface area (Å²) in [6.07, 6.45) is 0.957. The van der Waals surface area contributed by atoms with E-state index < -0.39 is 6.04 Å². The number of carbonyl (C=O) groups excluding carboxylic acids is 1. The van der Waals surface area contributed by atoms with Gasteiger partial charge in [0.05, 0.1) is 5.57 Å². The average molecular weight is 374 g/mol. The molecule has 3 aromatic rings. The monoisotopic (exact) mass is 374 g/mol. The fraction of sp³-hybridized carbons (Fsp3) is 0.238. The summed E-state index contributed by atoms with van der Waals surface area (Å²) in [6.45, 7) is 6.00. The maximum Gasteiger partial charge on any atom is 0.255 e. The normalized spacial score (nSPS) is 15.8. The van der Waals surface area contributed by atoms with Crippen LogP contribution in [0.1, 0.15) is 36.6 Å². The second-order valence-electron chi connectivity index (χ2n) is 6.93. The third-order valence-electron chi connectivity index (χ3n) is 4.97. The van der Waals surface area contributed by atoms with E-state index in [2.05, 4.69) is 45.2 Å². The molecule has 7 nitrogen and oxygen atoms in total. The Hall–Kier alpha value is -3.48. The lowest BCUT2D eigenvalue weighted by Gasteiger charge is -2.28. The number of aryl methyl sites for hydroxylation is 2. The molecule has 1 amide bonds. The number of allylic oxidation sites excluding steroid dienone is 1. The van der Waals surface area contributed by atoms with Crippen LogP contribution in [0, 0.1) is 6.92 Å². The third-order valence-corrected chi connectivity index (χ3v) is 4.97. The van der Waals surface area contributed by atoms with E-state index >= 15 is 0 Å². The van der Waals surface area contributed by atoms with Crippen LogP contribution >= 0.6 is 0 Å². The summed E-state index contributed by atoms with van der Waals surface area (Å²) in [4.78, 5) is 13.2. The molecule has 1 aliphatic rings. The number of aromatic nitrogens is 4. The molecule has 2 N–H and O–H groups in total. The van der Waals surface area contributed by atoms with Gasteiger partial charge in [-0.25, -0.2) is 0 Å². The minimum Gasteiger partial charge on any atom is -0.326 e. The van der Waals surface area contributed by atoms with Gasteiger partial charge >= 0.3 is 0 Å². The Labute approximate surface area is 163 Å². The van der Waals surface area contributed by atoms with Crippen molar-refractivity contribution < 1.29 is 4.79 Å². The minimum atomic E-state index is -0.400. The van der Waals surface area contributed by atoms with Crippen LogP contribution in [-0.4, -0.2) is 26.1 Å². The lowest BCUT2D eigenvalue weighted by atomic mass is 9.94. The number of nitrogens with one attached hydrogen (secondary N) is 2. The van der Waals surface area contributed by atoms with Gasteiger partial charge in [-0.3, -0.25) is 4.79 Å². The first-order valence-corrected chi connectivity index (χ1v) is 9.29. The Morgan fingerprint density at radius 3 is 2.50 bits per heavy atom. The highest BCUT2D eigenvalue weighted by Crippen LogP contribution is 2.35. The topological polar surface area (TPSA) is 84.7 Å². The molecule has 142 valence electrons. The SMILES string of the molecule is CCc1ccc(C2C(C(=O)Nc3ccc(C)cc3)=C(C)Nc3nnnn32)cc1. The molecule has 0 saturated heterocycles. The molecule has 0 saturated carbocycles. The van der Waals surface area contributed by atoms with Crippen LogP contribution in [0.3, 0.4) is 0 Å². The van der Waals surface area contributed by atoms with E-state index in [-0.39, 0.29) is 5.91 Å². The van der Waals surface area contributed by atoms with Gasteiger partial charge in [0.15, 0.2) is 0 Å². The second-order valence-corrected chi connectivity index (χ2v) is 6.93. The number of benzene rings is 2. The van der Waals surface area contributed by atoms with Crippen molar-refractivity contribution in [2.75, 3.05) is 10.6 Å². The van der Waals surface area contributed by atoms with E-state index in [1.54, 1.807) is 4.68 Å². The predicted molar refractivity (Wildman–Crippen MR) is 108 cm³/mol. The highest BCUT2D eigenvalue weighted by molar-refractivity contribution is 6.06. The zero-order valence-corrected chi connectivity index (χ0v) is 16.1. The van der Waals surface area contributed by atoms with Gasteiger partial charge < -0.3 is 10.6 Å². The van der Waals surface area contributed by atoms with Crippen LogP contribution in [0.4, 0.5) is 11.6 Å². The molecule has 1 atom stereocenters.